The summed E-state index contributed by atoms with van der Waals surface area (Å²) >= 11 is 11.9. The molecule has 0 atom stereocenters. The van der Waals surface area contributed by atoms with Gasteiger partial charge in [-0.15, -0.1) is 0 Å². The maximum Gasteiger partial charge on any atom is 0.225 e. The van der Waals surface area contributed by atoms with E-state index in [1.54, 1.807) is 17.1 Å². The Balaban J connectivity index is 1.72. The SMILES string of the molecule is [B]NCCC(=O)NCCCC(=O)NC1=NN(c2ccc(Cl)c(Cl)c2)CC1. The molecule has 10 heteroatoms. The summed E-state index contributed by atoms with van der Waals surface area (Å²) in [6.07, 6.45) is 1.80. The maximum atomic E-state index is 12.0. The molecule has 0 bridgehead atoms. The fourth-order valence-electron chi connectivity index (χ4n) is 2.35. The van der Waals surface area contributed by atoms with Crippen LogP contribution in [0.15, 0.2) is 23.3 Å². The monoisotopic (exact) mass is 395 g/mol. The molecule has 0 unspecified atom stereocenters. The van der Waals surface area contributed by atoms with Crippen LogP contribution in [0.25, 0.3) is 0 Å². The van der Waals surface area contributed by atoms with E-state index in [4.69, 9.17) is 31.2 Å². The molecule has 0 saturated carbocycles. The smallest absolute Gasteiger partial charge is 0.225 e. The average Bonchev–Trinajstić information content (AvgIpc) is 3.07. The summed E-state index contributed by atoms with van der Waals surface area (Å²) in [4.78, 5) is 23.4. The molecule has 3 N–H and O–H groups in total. The number of anilines is 1. The van der Waals surface area contributed by atoms with Crippen molar-refractivity contribution in [2.75, 3.05) is 24.6 Å². The summed E-state index contributed by atoms with van der Waals surface area (Å²) in [5, 5.41) is 15.0. The molecule has 0 aliphatic carbocycles. The van der Waals surface area contributed by atoms with Gasteiger partial charge in [0.05, 0.1) is 15.7 Å². The zero-order valence-electron chi connectivity index (χ0n) is 14.2. The van der Waals surface area contributed by atoms with Crippen LogP contribution in [0.5, 0.6) is 0 Å². The molecule has 0 spiro atoms. The Labute approximate surface area is 163 Å². The van der Waals surface area contributed by atoms with Gasteiger partial charge in [-0.2, -0.15) is 5.10 Å². The van der Waals surface area contributed by atoms with Crippen molar-refractivity contribution < 1.29 is 9.59 Å². The minimum absolute atomic E-state index is 0.0965. The number of nitrogens with zero attached hydrogens (tertiary/aromatic N) is 2. The van der Waals surface area contributed by atoms with Gasteiger partial charge in [-0.05, 0) is 31.2 Å². The Morgan fingerprint density at radius 2 is 1.96 bits per heavy atom. The van der Waals surface area contributed by atoms with E-state index >= 15 is 0 Å². The summed E-state index contributed by atoms with van der Waals surface area (Å²) in [5.41, 5.74) is 0.818. The van der Waals surface area contributed by atoms with Gasteiger partial charge in [-0.25, -0.2) is 0 Å². The third-order valence-corrected chi connectivity index (χ3v) is 4.42. The fraction of sp³-hybridized carbons (Fsp3) is 0.438. The van der Waals surface area contributed by atoms with Crippen LogP contribution in [0.2, 0.25) is 10.0 Å². The average molecular weight is 396 g/mol. The van der Waals surface area contributed by atoms with Crippen molar-refractivity contribution in [1.82, 2.24) is 15.9 Å². The van der Waals surface area contributed by atoms with Crippen molar-refractivity contribution in [2.24, 2.45) is 5.10 Å². The summed E-state index contributed by atoms with van der Waals surface area (Å²) in [5.74, 6) is 0.387. The standard InChI is InChI=1S/C16H20BCl2N5O2/c17-21-8-5-15(25)20-7-1-2-16(26)22-14-6-9-24(23-14)11-3-4-12(18)13(19)10-11/h3-4,10,21H,1-2,5-9H2,(H,20,25)(H,22,23,26). The number of halogens is 2. The first-order chi connectivity index (χ1) is 12.5. The molecule has 1 aliphatic rings. The summed E-state index contributed by atoms with van der Waals surface area (Å²) in [6, 6.07) is 5.27. The summed E-state index contributed by atoms with van der Waals surface area (Å²) in [6.45, 7) is 1.51. The molecule has 0 saturated heterocycles. The molecule has 1 aliphatic heterocycles. The summed E-state index contributed by atoms with van der Waals surface area (Å²) in [7, 11) is 5.10. The van der Waals surface area contributed by atoms with Crippen LogP contribution >= 0.6 is 23.2 Å². The molecule has 138 valence electrons. The Bertz CT molecular complexity index is 687. The number of rotatable bonds is 8. The highest BCUT2D eigenvalue weighted by molar-refractivity contribution is 6.42. The summed E-state index contributed by atoms with van der Waals surface area (Å²) < 4.78 is 0. The minimum atomic E-state index is -0.127. The number of carbonyl (C=O) groups excluding carboxylic acids is 2. The van der Waals surface area contributed by atoms with Gasteiger partial charge in [-0.1, -0.05) is 23.2 Å². The zero-order chi connectivity index (χ0) is 18.9. The van der Waals surface area contributed by atoms with E-state index < -0.39 is 0 Å². The molecular weight excluding hydrogens is 376 g/mol. The van der Waals surface area contributed by atoms with Crippen LogP contribution in [-0.2, 0) is 9.59 Å². The number of benzene rings is 1. The largest absolute Gasteiger partial charge is 0.366 e. The number of nitrogens with one attached hydrogen (secondary N) is 3. The third kappa shape index (κ3) is 6.51. The van der Waals surface area contributed by atoms with Crippen molar-refractivity contribution in [3.05, 3.63) is 28.2 Å². The van der Waals surface area contributed by atoms with E-state index in [-0.39, 0.29) is 11.8 Å². The molecule has 2 amide bonds. The van der Waals surface area contributed by atoms with E-state index in [9.17, 15) is 9.59 Å². The van der Waals surface area contributed by atoms with Crippen LogP contribution in [0.4, 0.5) is 5.69 Å². The number of carbonyl (C=O) groups is 2. The Morgan fingerprint density at radius 1 is 1.15 bits per heavy atom. The second kappa shape index (κ2) is 10.4. The second-order valence-corrected chi connectivity index (χ2v) is 6.54. The lowest BCUT2D eigenvalue weighted by atomic mass is 10.2. The van der Waals surface area contributed by atoms with Gasteiger partial charge in [-0.3, -0.25) is 14.6 Å². The van der Waals surface area contributed by atoms with Crippen molar-refractivity contribution in [3.8, 4) is 0 Å². The van der Waals surface area contributed by atoms with Crippen molar-refractivity contribution in [2.45, 2.75) is 25.7 Å². The fourth-order valence-corrected chi connectivity index (χ4v) is 2.64. The first-order valence-electron chi connectivity index (χ1n) is 8.29. The van der Waals surface area contributed by atoms with Crippen LogP contribution in [0, 0.1) is 0 Å². The Morgan fingerprint density at radius 3 is 2.69 bits per heavy atom. The van der Waals surface area contributed by atoms with E-state index in [2.05, 4.69) is 21.0 Å². The highest BCUT2D eigenvalue weighted by Crippen LogP contribution is 2.28. The topological polar surface area (TPSA) is 85.8 Å². The number of amides is 2. The predicted octanol–water partition coefficient (Wildman–Crippen LogP) is 1.59. The van der Waals surface area contributed by atoms with E-state index in [1.807, 2.05) is 6.07 Å². The van der Waals surface area contributed by atoms with Gasteiger partial charge < -0.3 is 15.9 Å². The molecule has 2 rings (SSSR count). The van der Waals surface area contributed by atoms with Crippen molar-refractivity contribution in [3.63, 3.8) is 0 Å². The van der Waals surface area contributed by atoms with E-state index in [1.165, 1.54) is 0 Å². The number of amidine groups is 1. The van der Waals surface area contributed by atoms with Gasteiger partial charge in [0, 0.05) is 32.4 Å². The molecule has 26 heavy (non-hydrogen) atoms. The highest BCUT2D eigenvalue weighted by atomic mass is 35.5. The lowest BCUT2D eigenvalue weighted by Crippen LogP contribution is -2.31. The van der Waals surface area contributed by atoms with E-state index in [0.717, 1.165) is 5.69 Å². The minimum Gasteiger partial charge on any atom is -0.366 e. The number of hydrazone groups is 1. The third-order valence-electron chi connectivity index (χ3n) is 3.69. The van der Waals surface area contributed by atoms with E-state index in [0.29, 0.717) is 61.2 Å². The quantitative estimate of drug-likeness (QED) is 0.461. The lowest BCUT2D eigenvalue weighted by molar-refractivity contribution is -0.122. The van der Waals surface area contributed by atoms with Crippen molar-refractivity contribution in [1.29, 1.82) is 0 Å². The highest BCUT2D eigenvalue weighted by Gasteiger charge is 2.18. The molecule has 1 aromatic carbocycles. The van der Waals surface area contributed by atoms with Crippen LogP contribution in [0.3, 0.4) is 0 Å². The van der Waals surface area contributed by atoms with Crippen LogP contribution < -0.4 is 20.9 Å². The number of hydrogen-bond donors (Lipinski definition) is 3. The molecule has 1 aromatic rings. The van der Waals surface area contributed by atoms with Crippen LogP contribution in [-0.4, -0.2) is 45.3 Å². The first-order valence-corrected chi connectivity index (χ1v) is 9.05. The van der Waals surface area contributed by atoms with Gasteiger partial charge in [0.25, 0.3) is 0 Å². The first kappa shape index (κ1) is 20.5. The second-order valence-electron chi connectivity index (χ2n) is 5.72. The molecule has 0 fully saturated rings. The van der Waals surface area contributed by atoms with Gasteiger partial charge >= 0.3 is 0 Å². The van der Waals surface area contributed by atoms with Crippen molar-refractivity contribution >= 4 is 54.5 Å². The zero-order valence-corrected chi connectivity index (χ0v) is 15.7. The van der Waals surface area contributed by atoms with Gasteiger partial charge in [0.2, 0.25) is 11.8 Å². The normalized spacial score (nSPS) is 13.5. The molecule has 1 heterocycles. The Hall–Kier alpha value is -1.77. The predicted molar refractivity (Wildman–Crippen MR) is 105 cm³/mol. The maximum absolute atomic E-state index is 12.0. The van der Waals surface area contributed by atoms with Gasteiger partial charge in [0.15, 0.2) is 7.98 Å². The molecule has 0 aromatic heterocycles. The molecule has 2 radical (unpaired) electrons. The van der Waals surface area contributed by atoms with Gasteiger partial charge in [0.1, 0.15) is 5.84 Å². The lowest BCUT2D eigenvalue weighted by Gasteiger charge is -2.13. The number of hydrogen-bond acceptors (Lipinski definition) is 5. The molecular formula is C16H20BCl2N5O2. The Kier molecular flexibility index (Phi) is 8.22. The molecule has 7 nitrogen and oxygen atoms in total. The van der Waals surface area contributed by atoms with Crippen LogP contribution in [0.1, 0.15) is 25.7 Å².